The first-order valence-electron chi connectivity index (χ1n) is 8.21. The standard InChI is InChI=1S/C17H25N3O2/c21-12-11-19-7-9-20(10-8-19)17(22)18-13-15-6-5-14-3-1-2-4-16(14)15/h1-4,15,21H,5-13H2,(H,18,22)/t15-/m1/s1. The fourth-order valence-electron chi connectivity index (χ4n) is 3.50. The van der Waals surface area contributed by atoms with Crippen LogP contribution in [0.3, 0.4) is 0 Å². The van der Waals surface area contributed by atoms with Gasteiger partial charge in [-0.15, -0.1) is 0 Å². The van der Waals surface area contributed by atoms with Crippen molar-refractivity contribution >= 4 is 6.03 Å². The lowest BCUT2D eigenvalue weighted by Crippen LogP contribution is -2.52. The highest BCUT2D eigenvalue weighted by atomic mass is 16.3. The molecule has 5 heteroatoms. The molecule has 120 valence electrons. The summed E-state index contributed by atoms with van der Waals surface area (Å²) >= 11 is 0. The SMILES string of the molecule is O=C(NC[C@H]1CCc2ccccc21)N1CCN(CCO)CC1. The highest BCUT2D eigenvalue weighted by molar-refractivity contribution is 5.74. The van der Waals surface area contributed by atoms with E-state index < -0.39 is 0 Å². The number of benzene rings is 1. The van der Waals surface area contributed by atoms with Crippen molar-refractivity contribution in [2.45, 2.75) is 18.8 Å². The molecular weight excluding hydrogens is 278 g/mol. The maximum atomic E-state index is 12.3. The Bertz CT molecular complexity index is 512. The molecule has 1 fully saturated rings. The largest absolute Gasteiger partial charge is 0.395 e. The lowest BCUT2D eigenvalue weighted by Gasteiger charge is -2.34. The summed E-state index contributed by atoms with van der Waals surface area (Å²) in [6, 6.07) is 8.60. The number of aliphatic hydroxyl groups is 1. The summed E-state index contributed by atoms with van der Waals surface area (Å²) in [6.45, 7) is 4.80. The molecule has 2 aliphatic rings. The van der Waals surface area contributed by atoms with E-state index in [0.717, 1.165) is 45.6 Å². The van der Waals surface area contributed by atoms with Crippen molar-refractivity contribution in [1.29, 1.82) is 0 Å². The molecule has 1 aliphatic heterocycles. The number of hydrogen-bond acceptors (Lipinski definition) is 3. The van der Waals surface area contributed by atoms with E-state index in [1.165, 1.54) is 11.1 Å². The van der Waals surface area contributed by atoms with Gasteiger partial charge in [0.1, 0.15) is 0 Å². The number of aliphatic hydroxyl groups excluding tert-OH is 1. The Kier molecular flexibility index (Phi) is 4.95. The van der Waals surface area contributed by atoms with Gasteiger partial charge in [0, 0.05) is 45.2 Å². The molecule has 0 saturated carbocycles. The van der Waals surface area contributed by atoms with Gasteiger partial charge < -0.3 is 15.3 Å². The lowest BCUT2D eigenvalue weighted by molar-refractivity contribution is 0.122. The normalized spacial score (nSPS) is 21.7. The number of aryl methyl sites for hydroxylation is 1. The van der Waals surface area contributed by atoms with Crippen molar-refractivity contribution in [3.63, 3.8) is 0 Å². The van der Waals surface area contributed by atoms with Gasteiger partial charge in [0.2, 0.25) is 0 Å². The second kappa shape index (κ2) is 7.11. The van der Waals surface area contributed by atoms with Crippen LogP contribution in [0.2, 0.25) is 0 Å². The zero-order valence-electron chi connectivity index (χ0n) is 13.0. The number of nitrogens with one attached hydrogen (secondary N) is 1. The Morgan fingerprint density at radius 3 is 2.77 bits per heavy atom. The summed E-state index contributed by atoms with van der Waals surface area (Å²) in [6.07, 6.45) is 2.25. The molecule has 3 rings (SSSR count). The number of carbonyl (C=O) groups is 1. The molecule has 0 bridgehead atoms. The third-order valence-corrected chi connectivity index (χ3v) is 4.83. The number of carbonyl (C=O) groups excluding carboxylic acids is 1. The summed E-state index contributed by atoms with van der Waals surface area (Å²) in [4.78, 5) is 16.4. The monoisotopic (exact) mass is 303 g/mol. The van der Waals surface area contributed by atoms with Gasteiger partial charge in [-0.3, -0.25) is 4.90 Å². The lowest BCUT2D eigenvalue weighted by atomic mass is 10.0. The van der Waals surface area contributed by atoms with Gasteiger partial charge in [0.25, 0.3) is 0 Å². The molecule has 1 atom stereocenters. The number of nitrogens with zero attached hydrogens (tertiary/aromatic N) is 2. The van der Waals surface area contributed by atoms with Crippen molar-refractivity contribution in [3.05, 3.63) is 35.4 Å². The second-order valence-corrected chi connectivity index (χ2v) is 6.17. The zero-order valence-corrected chi connectivity index (χ0v) is 13.0. The van der Waals surface area contributed by atoms with Gasteiger partial charge in [0.15, 0.2) is 0 Å². The minimum Gasteiger partial charge on any atom is -0.395 e. The molecule has 0 spiro atoms. The molecule has 1 heterocycles. The Hall–Kier alpha value is -1.59. The minimum atomic E-state index is 0.0491. The second-order valence-electron chi connectivity index (χ2n) is 6.17. The van der Waals surface area contributed by atoms with Gasteiger partial charge in [0.05, 0.1) is 6.61 Å². The highest BCUT2D eigenvalue weighted by Crippen LogP contribution is 2.32. The van der Waals surface area contributed by atoms with Gasteiger partial charge in [-0.2, -0.15) is 0 Å². The van der Waals surface area contributed by atoms with Crippen LogP contribution in [0.5, 0.6) is 0 Å². The van der Waals surface area contributed by atoms with E-state index in [0.29, 0.717) is 12.5 Å². The number of hydrogen-bond donors (Lipinski definition) is 2. The average Bonchev–Trinajstić information content (AvgIpc) is 2.97. The summed E-state index contributed by atoms with van der Waals surface area (Å²) in [5, 5.41) is 12.0. The van der Waals surface area contributed by atoms with Crippen molar-refractivity contribution in [1.82, 2.24) is 15.1 Å². The molecule has 0 unspecified atom stereocenters. The van der Waals surface area contributed by atoms with Crippen LogP contribution in [0.15, 0.2) is 24.3 Å². The van der Waals surface area contributed by atoms with E-state index in [2.05, 4.69) is 34.5 Å². The summed E-state index contributed by atoms with van der Waals surface area (Å²) in [5.74, 6) is 0.454. The molecule has 1 aromatic carbocycles. The van der Waals surface area contributed by atoms with Crippen molar-refractivity contribution in [2.24, 2.45) is 0 Å². The number of amides is 2. The van der Waals surface area contributed by atoms with Crippen LogP contribution in [0.25, 0.3) is 0 Å². The van der Waals surface area contributed by atoms with E-state index in [-0.39, 0.29) is 12.6 Å². The van der Waals surface area contributed by atoms with Gasteiger partial charge in [-0.25, -0.2) is 4.79 Å². The van der Waals surface area contributed by atoms with Crippen LogP contribution in [0, 0.1) is 0 Å². The molecule has 2 amide bonds. The number of urea groups is 1. The summed E-state index contributed by atoms with van der Waals surface area (Å²) < 4.78 is 0. The van der Waals surface area contributed by atoms with Gasteiger partial charge in [-0.1, -0.05) is 24.3 Å². The quantitative estimate of drug-likeness (QED) is 0.874. The Morgan fingerprint density at radius 1 is 1.23 bits per heavy atom. The fourth-order valence-corrected chi connectivity index (χ4v) is 3.50. The van der Waals surface area contributed by atoms with E-state index in [4.69, 9.17) is 5.11 Å². The van der Waals surface area contributed by atoms with Crippen LogP contribution in [0.1, 0.15) is 23.5 Å². The topological polar surface area (TPSA) is 55.8 Å². The van der Waals surface area contributed by atoms with E-state index in [1.807, 2.05) is 4.90 Å². The molecule has 1 saturated heterocycles. The Labute approximate surface area is 131 Å². The number of rotatable bonds is 4. The first-order chi connectivity index (χ1) is 10.8. The van der Waals surface area contributed by atoms with E-state index in [9.17, 15) is 4.79 Å². The minimum absolute atomic E-state index is 0.0491. The Morgan fingerprint density at radius 2 is 2.00 bits per heavy atom. The maximum Gasteiger partial charge on any atom is 0.317 e. The van der Waals surface area contributed by atoms with Gasteiger partial charge >= 0.3 is 6.03 Å². The molecule has 22 heavy (non-hydrogen) atoms. The van der Waals surface area contributed by atoms with Crippen LogP contribution in [0.4, 0.5) is 4.79 Å². The van der Waals surface area contributed by atoms with Crippen molar-refractivity contribution in [3.8, 4) is 0 Å². The molecule has 0 aromatic heterocycles. The van der Waals surface area contributed by atoms with Crippen LogP contribution in [-0.4, -0.2) is 66.8 Å². The van der Waals surface area contributed by atoms with Crippen molar-refractivity contribution in [2.75, 3.05) is 45.9 Å². The van der Waals surface area contributed by atoms with Crippen molar-refractivity contribution < 1.29 is 9.90 Å². The van der Waals surface area contributed by atoms with Crippen LogP contribution >= 0.6 is 0 Å². The van der Waals surface area contributed by atoms with Gasteiger partial charge in [-0.05, 0) is 24.0 Å². The predicted octanol–water partition coefficient (Wildman–Crippen LogP) is 1.04. The first-order valence-corrected chi connectivity index (χ1v) is 8.21. The van der Waals surface area contributed by atoms with Crippen LogP contribution < -0.4 is 5.32 Å². The molecular formula is C17H25N3O2. The summed E-state index contributed by atoms with van der Waals surface area (Å²) in [7, 11) is 0. The number of fused-ring (bicyclic) bond motifs is 1. The number of piperazine rings is 1. The smallest absolute Gasteiger partial charge is 0.317 e. The maximum absolute atomic E-state index is 12.3. The third kappa shape index (κ3) is 3.42. The molecule has 5 nitrogen and oxygen atoms in total. The Balaban J connectivity index is 1.46. The zero-order chi connectivity index (χ0) is 15.4. The molecule has 1 aromatic rings. The average molecular weight is 303 g/mol. The number of β-amino-alcohol motifs (C(OH)–C–C–N with tert-alkyl or cyclic N) is 1. The van der Waals surface area contributed by atoms with Crippen LogP contribution in [-0.2, 0) is 6.42 Å². The van der Waals surface area contributed by atoms with E-state index in [1.54, 1.807) is 0 Å². The van der Waals surface area contributed by atoms with E-state index >= 15 is 0 Å². The predicted molar refractivity (Wildman–Crippen MR) is 86.0 cm³/mol. The molecule has 1 aliphatic carbocycles. The first kappa shape index (κ1) is 15.3. The molecule has 0 radical (unpaired) electrons. The third-order valence-electron chi connectivity index (χ3n) is 4.83. The summed E-state index contributed by atoms with van der Waals surface area (Å²) in [5.41, 5.74) is 2.83. The molecule has 2 N–H and O–H groups in total. The fraction of sp³-hybridized carbons (Fsp3) is 0.588. The highest BCUT2D eigenvalue weighted by Gasteiger charge is 2.24.